The third-order valence-corrected chi connectivity index (χ3v) is 3.24. The van der Waals surface area contributed by atoms with Crippen LogP contribution in [0.25, 0.3) is 0 Å². The molecule has 3 nitrogen and oxygen atoms in total. The summed E-state index contributed by atoms with van der Waals surface area (Å²) in [7, 11) is 0. The van der Waals surface area contributed by atoms with Crippen LogP contribution in [0.1, 0.15) is 38.2 Å². The van der Waals surface area contributed by atoms with E-state index in [1.165, 1.54) is 5.56 Å². The number of rotatable bonds is 6. The number of hydrogen-bond donors (Lipinski definition) is 2. The molecule has 0 heterocycles. The third-order valence-electron chi connectivity index (χ3n) is 3.24. The van der Waals surface area contributed by atoms with Crippen molar-refractivity contribution < 1.29 is 9.90 Å². The molecule has 1 aromatic rings. The van der Waals surface area contributed by atoms with E-state index < -0.39 is 5.97 Å². The van der Waals surface area contributed by atoms with E-state index in [0.717, 1.165) is 6.42 Å². The molecule has 0 spiro atoms. The van der Waals surface area contributed by atoms with Crippen LogP contribution in [-0.4, -0.2) is 17.1 Å². The van der Waals surface area contributed by atoms with Crippen molar-refractivity contribution in [1.29, 1.82) is 0 Å². The summed E-state index contributed by atoms with van der Waals surface area (Å²) in [6.45, 7) is 4.17. The summed E-state index contributed by atoms with van der Waals surface area (Å²) in [6.07, 6.45) is 0.959. The van der Waals surface area contributed by atoms with Gasteiger partial charge in [-0.1, -0.05) is 44.2 Å². The van der Waals surface area contributed by atoms with Crippen LogP contribution < -0.4 is 5.73 Å². The van der Waals surface area contributed by atoms with Gasteiger partial charge in [-0.25, -0.2) is 0 Å². The number of carboxylic acids is 1. The van der Waals surface area contributed by atoms with Crippen LogP contribution >= 0.6 is 0 Å². The molecule has 0 amide bonds. The van der Waals surface area contributed by atoms with Crippen molar-refractivity contribution in [2.45, 2.75) is 38.6 Å². The van der Waals surface area contributed by atoms with Crippen LogP contribution in [0, 0.1) is 5.92 Å². The maximum absolute atomic E-state index is 10.6. The zero-order valence-corrected chi connectivity index (χ0v) is 10.5. The summed E-state index contributed by atoms with van der Waals surface area (Å²) in [5.41, 5.74) is 7.14. The lowest BCUT2D eigenvalue weighted by molar-refractivity contribution is -0.137. The van der Waals surface area contributed by atoms with Crippen molar-refractivity contribution in [2.75, 3.05) is 0 Å². The highest BCUT2D eigenvalue weighted by atomic mass is 16.4. The summed E-state index contributed by atoms with van der Waals surface area (Å²) in [6, 6.07) is 9.97. The van der Waals surface area contributed by atoms with Crippen molar-refractivity contribution in [1.82, 2.24) is 0 Å². The molecule has 3 atom stereocenters. The average molecular weight is 235 g/mol. The Balaban J connectivity index is 2.51. The van der Waals surface area contributed by atoms with Gasteiger partial charge >= 0.3 is 5.97 Å². The van der Waals surface area contributed by atoms with E-state index in [9.17, 15) is 4.79 Å². The van der Waals surface area contributed by atoms with E-state index in [-0.39, 0.29) is 18.4 Å². The molecule has 0 aromatic heterocycles. The van der Waals surface area contributed by atoms with E-state index in [4.69, 9.17) is 10.8 Å². The number of hydrogen-bond acceptors (Lipinski definition) is 2. The van der Waals surface area contributed by atoms with Gasteiger partial charge in [-0.3, -0.25) is 4.79 Å². The first-order valence-corrected chi connectivity index (χ1v) is 6.03. The predicted octanol–water partition coefficient (Wildman–Crippen LogP) is 2.62. The van der Waals surface area contributed by atoms with Gasteiger partial charge in [0.1, 0.15) is 0 Å². The van der Waals surface area contributed by atoms with Gasteiger partial charge in [0.05, 0.1) is 6.42 Å². The van der Waals surface area contributed by atoms with E-state index in [2.05, 4.69) is 19.1 Å². The Morgan fingerprint density at radius 1 is 1.29 bits per heavy atom. The number of carbonyl (C=O) groups is 1. The molecule has 0 saturated heterocycles. The normalized spacial score (nSPS) is 16.2. The molecule has 3 unspecified atom stereocenters. The first-order chi connectivity index (χ1) is 8.00. The Morgan fingerprint density at radius 2 is 1.88 bits per heavy atom. The van der Waals surface area contributed by atoms with Gasteiger partial charge in [0.25, 0.3) is 0 Å². The number of aliphatic carboxylic acids is 1. The molecule has 0 aliphatic heterocycles. The van der Waals surface area contributed by atoms with Gasteiger partial charge in [0, 0.05) is 6.04 Å². The molecule has 0 fully saturated rings. The molecule has 1 rings (SSSR count). The smallest absolute Gasteiger partial charge is 0.304 e. The first-order valence-electron chi connectivity index (χ1n) is 6.03. The van der Waals surface area contributed by atoms with E-state index >= 15 is 0 Å². The lowest BCUT2D eigenvalue weighted by atomic mass is 9.86. The molecule has 3 heteroatoms. The molecule has 3 N–H and O–H groups in total. The second-order valence-electron chi connectivity index (χ2n) is 4.79. The lowest BCUT2D eigenvalue weighted by Gasteiger charge is -2.22. The highest BCUT2D eigenvalue weighted by Gasteiger charge is 2.19. The summed E-state index contributed by atoms with van der Waals surface area (Å²) in [4.78, 5) is 10.6. The fourth-order valence-corrected chi connectivity index (χ4v) is 2.05. The Morgan fingerprint density at radius 3 is 2.41 bits per heavy atom. The van der Waals surface area contributed by atoms with Crippen molar-refractivity contribution >= 4 is 5.97 Å². The van der Waals surface area contributed by atoms with Crippen molar-refractivity contribution in [2.24, 2.45) is 11.7 Å². The predicted molar refractivity (Wildman–Crippen MR) is 68.9 cm³/mol. The number of benzene rings is 1. The molecule has 0 aliphatic carbocycles. The minimum atomic E-state index is -0.822. The summed E-state index contributed by atoms with van der Waals surface area (Å²) in [5, 5.41) is 8.70. The zero-order chi connectivity index (χ0) is 12.8. The van der Waals surface area contributed by atoms with Crippen molar-refractivity contribution in [3.05, 3.63) is 35.9 Å². The number of nitrogens with two attached hydrogens (primary N) is 1. The van der Waals surface area contributed by atoms with Crippen LogP contribution in [-0.2, 0) is 4.79 Å². The Kier molecular flexibility index (Phi) is 5.16. The highest BCUT2D eigenvalue weighted by Crippen LogP contribution is 2.24. The SMILES string of the molecule is CC(CC(C)C(N)CC(=O)O)c1ccccc1. The van der Waals surface area contributed by atoms with Crippen LogP contribution in [0.4, 0.5) is 0 Å². The fraction of sp³-hybridized carbons (Fsp3) is 0.500. The molecule has 0 radical (unpaired) electrons. The van der Waals surface area contributed by atoms with Crippen molar-refractivity contribution in [3.63, 3.8) is 0 Å². The molecular weight excluding hydrogens is 214 g/mol. The van der Waals surface area contributed by atoms with Crippen LogP contribution in [0.15, 0.2) is 30.3 Å². The van der Waals surface area contributed by atoms with Gasteiger partial charge < -0.3 is 10.8 Å². The van der Waals surface area contributed by atoms with Crippen LogP contribution in [0.5, 0.6) is 0 Å². The highest BCUT2D eigenvalue weighted by molar-refractivity contribution is 5.67. The zero-order valence-electron chi connectivity index (χ0n) is 10.5. The van der Waals surface area contributed by atoms with E-state index in [1.54, 1.807) is 0 Å². The van der Waals surface area contributed by atoms with Crippen LogP contribution in [0.2, 0.25) is 0 Å². The van der Waals surface area contributed by atoms with Gasteiger partial charge in [-0.15, -0.1) is 0 Å². The molecule has 1 aromatic carbocycles. The summed E-state index contributed by atoms with van der Waals surface area (Å²) >= 11 is 0. The minimum absolute atomic E-state index is 0.0443. The van der Waals surface area contributed by atoms with Gasteiger partial charge in [-0.2, -0.15) is 0 Å². The topological polar surface area (TPSA) is 63.3 Å². The Hall–Kier alpha value is -1.35. The van der Waals surface area contributed by atoms with E-state index in [1.807, 2.05) is 25.1 Å². The second-order valence-corrected chi connectivity index (χ2v) is 4.79. The molecule has 94 valence electrons. The minimum Gasteiger partial charge on any atom is -0.481 e. The largest absolute Gasteiger partial charge is 0.481 e. The Bertz CT molecular complexity index is 350. The molecular formula is C14H21NO2. The standard InChI is InChI=1S/C14H21NO2/c1-10(12-6-4-3-5-7-12)8-11(2)13(15)9-14(16)17/h3-7,10-11,13H,8-9,15H2,1-2H3,(H,16,17). The Labute approximate surface area is 103 Å². The summed E-state index contributed by atoms with van der Waals surface area (Å²) in [5.74, 6) is -0.205. The lowest BCUT2D eigenvalue weighted by Crippen LogP contribution is -2.31. The monoisotopic (exact) mass is 235 g/mol. The molecule has 0 saturated carbocycles. The van der Waals surface area contributed by atoms with Gasteiger partial charge in [0.2, 0.25) is 0 Å². The van der Waals surface area contributed by atoms with E-state index in [0.29, 0.717) is 5.92 Å². The van der Waals surface area contributed by atoms with Gasteiger partial charge in [0.15, 0.2) is 0 Å². The van der Waals surface area contributed by atoms with Crippen molar-refractivity contribution in [3.8, 4) is 0 Å². The first kappa shape index (κ1) is 13.7. The molecule has 17 heavy (non-hydrogen) atoms. The average Bonchev–Trinajstić information content (AvgIpc) is 2.29. The van der Waals surface area contributed by atoms with Gasteiger partial charge in [-0.05, 0) is 23.8 Å². The second kappa shape index (κ2) is 6.40. The summed E-state index contributed by atoms with van der Waals surface area (Å²) < 4.78 is 0. The maximum Gasteiger partial charge on any atom is 0.304 e. The fourth-order valence-electron chi connectivity index (χ4n) is 2.05. The molecule has 0 bridgehead atoms. The maximum atomic E-state index is 10.6. The van der Waals surface area contributed by atoms with Crippen LogP contribution in [0.3, 0.4) is 0 Å². The quantitative estimate of drug-likeness (QED) is 0.796. The number of carboxylic acid groups (broad SMARTS) is 1. The third kappa shape index (κ3) is 4.57. The molecule has 0 aliphatic rings.